The number of benzene rings is 3. The monoisotopic (exact) mass is 402 g/mol. The first-order valence-electron chi connectivity index (χ1n) is 9.41. The minimum Gasteiger partial charge on any atom is -0.477 e. The van der Waals surface area contributed by atoms with Crippen LogP contribution < -0.4 is 15.8 Å². The summed E-state index contributed by atoms with van der Waals surface area (Å²) in [7, 11) is 0. The second-order valence-corrected chi connectivity index (χ2v) is 6.59. The van der Waals surface area contributed by atoms with Gasteiger partial charge in [-0.25, -0.2) is 9.37 Å². The molecule has 0 radical (unpaired) electrons. The van der Waals surface area contributed by atoms with E-state index in [1.807, 2.05) is 37.3 Å². The molecule has 1 heterocycles. The Hall–Kier alpha value is -4.00. The highest BCUT2D eigenvalue weighted by Crippen LogP contribution is 2.29. The summed E-state index contributed by atoms with van der Waals surface area (Å²) in [6.07, 6.45) is 0. The van der Waals surface area contributed by atoms with Gasteiger partial charge in [-0.15, -0.1) is 0 Å². The van der Waals surface area contributed by atoms with E-state index in [4.69, 9.17) is 10.5 Å². The number of carbonyl (C=O) groups excluding carboxylic acids is 1. The molecular formula is C23H19FN4O2. The zero-order chi connectivity index (χ0) is 21.1. The lowest BCUT2D eigenvalue weighted by Gasteiger charge is -2.10. The predicted molar refractivity (Wildman–Crippen MR) is 115 cm³/mol. The fourth-order valence-corrected chi connectivity index (χ4v) is 3.09. The first-order valence-corrected chi connectivity index (χ1v) is 9.41. The molecule has 0 unspecified atom stereocenters. The zero-order valence-electron chi connectivity index (χ0n) is 16.2. The number of fused-ring (bicyclic) bond motifs is 1. The van der Waals surface area contributed by atoms with E-state index in [-0.39, 0.29) is 17.7 Å². The van der Waals surface area contributed by atoms with E-state index < -0.39 is 0 Å². The Bertz CT molecular complexity index is 1210. The van der Waals surface area contributed by atoms with Crippen molar-refractivity contribution in [2.45, 2.75) is 6.92 Å². The third-order valence-electron chi connectivity index (χ3n) is 4.54. The van der Waals surface area contributed by atoms with Crippen LogP contribution in [0.2, 0.25) is 0 Å². The summed E-state index contributed by atoms with van der Waals surface area (Å²) in [6.45, 7) is 2.34. The van der Waals surface area contributed by atoms with Crippen LogP contribution in [0.25, 0.3) is 22.0 Å². The van der Waals surface area contributed by atoms with Crippen molar-refractivity contribution in [3.05, 3.63) is 78.1 Å². The van der Waals surface area contributed by atoms with Crippen LogP contribution in [0.3, 0.4) is 0 Å². The van der Waals surface area contributed by atoms with E-state index in [9.17, 15) is 9.18 Å². The summed E-state index contributed by atoms with van der Waals surface area (Å²) in [5.74, 6) is -0.0186. The van der Waals surface area contributed by atoms with Crippen molar-refractivity contribution in [1.82, 2.24) is 9.97 Å². The fourth-order valence-electron chi connectivity index (χ4n) is 3.09. The number of aromatic nitrogens is 2. The van der Waals surface area contributed by atoms with Crippen molar-refractivity contribution in [3.8, 4) is 17.0 Å². The van der Waals surface area contributed by atoms with Gasteiger partial charge in [0, 0.05) is 11.3 Å². The molecule has 3 N–H and O–H groups in total. The lowest BCUT2D eigenvalue weighted by atomic mass is 10.0. The van der Waals surface area contributed by atoms with E-state index in [0.717, 1.165) is 16.5 Å². The molecule has 0 aliphatic rings. The number of rotatable bonds is 5. The Morgan fingerprint density at radius 3 is 2.40 bits per heavy atom. The van der Waals surface area contributed by atoms with Crippen molar-refractivity contribution in [1.29, 1.82) is 0 Å². The van der Waals surface area contributed by atoms with Gasteiger partial charge in [0.1, 0.15) is 5.82 Å². The van der Waals surface area contributed by atoms with Crippen molar-refractivity contribution in [2.75, 3.05) is 17.7 Å². The molecule has 0 atom stereocenters. The number of hydrogen-bond donors (Lipinski definition) is 2. The topological polar surface area (TPSA) is 90.1 Å². The van der Waals surface area contributed by atoms with Crippen LogP contribution in [-0.4, -0.2) is 22.5 Å². The van der Waals surface area contributed by atoms with E-state index in [1.54, 1.807) is 12.1 Å². The maximum Gasteiger partial charge on any atom is 0.255 e. The average molecular weight is 402 g/mol. The minimum absolute atomic E-state index is 0.162. The van der Waals surface area contributed by atoms with Crippen LogP contribution in [0.4, 0.5) is 16.0 Å². The first kappa shape index (κ1) is 19.3. The largest absolute Gasteiger partial charge is 0.477 e. The SMILES string of the molecule is CCOc1nc(N)nc2ccc(-c3ccc(C(=O)Nc4ccc(F)cc4)cc3)cc12. The molecule has 0 aliphatic carbocycles. The van der Waals surface area contributed by atoms with Crippen LogP contribution in [0, 0.1) is 5.82 Å². The van der Waals surface area contributed by atoms with Gasteiger partial charge in [0.25, 0.3) is 5.91 Å². The molecule has 0 saturated heterocycles. The van der Waals surface area contributed by atoms with Crippen molar-refractivity contribution in [3.63, 3.8) is 0 Å². The molecule has 1 aromatic heterocycles. The molecule has 0 fully saturated rings. The maximum atomic E-state index is 13.0. The third kappa shape index (κ3) is 4.05. The number of hydrogen-bond acceptors (Lipinski definition) is 5. The molecule has 6 nitrogen and oxygen atoms in total. The van der Waals surface area contributed by atoms with Gasteiger partial charge in [0.05, 0.1) is 17.5 Å². The fraction of sp³-hybridized carbons (Fsp3) is 0.0870. The summed E-state index contributed by atoms with van der Waals surface area (Å²) in [6, 6.07) is 18.6. The van der Waals surface area contributed by atoms with Crippen LogP contribution in [0.5, 0.6) is 5.88 Å². The first-order chi connectivity index (χ1) is 14.5. The van der Waals surface area contributed by atoms with Crippen LogP contribution in [0.1, 0.15) is 17.3 Å². The number of anilines is 2. The minimum atomic E-state index is -0.353. The Labute approximate surface area is 172 Å². The van der Waals surface area contributed by atoms with Crippen molar-refractivity contribution < 1.29 is 13.9 Å². The van der Waals surface area contributed by atoms with Crippen molar-refractivity contribution in [2.24, 2.45) is 0 Å². The zero-order valence-corrected chi connectivity index (χ0v) is 16.2. The van der Waals surface area contributed by atoms with Crippen LogP contribution in [-0.2, 0) is 0 Å². The molecule has 7 heteroatoms. The second kappa shape index (κ2) is 8.16. The van der Waals surface area contributed by atoms with Crippen molar-refractivity contribution >= 4 is 28.4 Å². The molecule has 30 heavy (non-hydrogen) atoms. The number of nitrogens with two attached hydrogens (primary N) is 1. The van der Waals surface area contributed by atoms with Gasteiger partial charge in [-0.1, -0.05) is 18.2 Å². The van der Waals surface area contributed by atoms with E-state index in [2.05, 4.69) is 15.3 Å². The van der Waals surface area contributed by atoms with E-state index in [1.165, 1.54) is 24.3 Å². The normalized spacial score (nSPS) is 10.7. The Balaban J connectivity index is 1.59. The summed E-state index contributed by atoms with van der Waals surface area (Å²) in [4.78, 5) is 20.8. The number of carbonyl (C=O) groups is 1. The smallest absolute Gasteiger partial charge is 0.255 e. The highest BCUT2D eigenvalue weighted by molar-refractivity contribution is 6.04. The Morgan fingerprint density at radius 2 is 1.70 bits per heavy atom. The third-order valence-corrected chi connectivity index (χ3v) is 4.54. The molecule has 0 aliphatic heterocycles. The highest BCUT2D eigenvalue weighted by Gasteiger charge is 2.11. The number of nitrogens with one attached hydrogen (secondary N) is 1. The Kier molecular flexibility index (Phi) is 5.26. The van der Waals surface area contributed by atoms with Gasteiger partial charge < -0.3 is 15.8 Å². The maximum absolute atomic E-state index is 13.0. The average Bonchev–Trinajstić information content (AvgIpc) is 2.75. The van der Waals surface area contributed by atoms with E-state index in [0.29, 0.717) is 29.3 Å². The lowest BCUT2D eigenvalue weighted by Crippen LogP contribution is -2.11. The number of amides is 1. The number of nitrogen functional groups attached to an aromatic ring is 1. The molecule has 1 amide bonds. The molecule has 0 bridgehead atoms. The van der Waals surface area contributed by atoms with Gasteiger partial charge in [0.15, 0.2) is 0 Å². The van der Waals surface area contributed by atoms with Gasteiger partial charge in [-0.3, -0.25) is 4.79 Å². The van der Waals surface area contributed by atoms with Gasteiger partial charge in [0.2, 0.25) is 11.8 Å². The quantitative estimate of drug-likeness (QED) is 0.506. The standard InChI is InChI=1S/C23H19FN4O2/c1-2-30-22-19-13-16(7-12-20(19)27-23(25)28-22)14-3-5-15(6-4-14)21(29)26-18-10-8-17(24)9-11-18/h3-13H,2H2,1H3,(H,26,29)(H2,25,27,28). The summed E-state index contributed by atoms with van der Waals surface area (Å²) >= 11 is 0. The summed E-state index contributed by atoms with van der Waals surface area (Å²) in [5.41, 5.74) is 9.34. The molecule has 0 spiro atoms. The van der Waals surface area contributed by atoms with Gasteiger partial charge in [-0.2, -0.15) is 4.98 Å². The molecule has 3 aromatic carbocycles. The van der Waals surface area contributed by atoms with Crippen LogP contribution >= 0.6 is 0 Å². The Morgan fingerprint density at radius 1 is 1.00 bits per heavy atom. The molecule has 4 rings (SSSR count). The predicted octanol–water partition coefficient (Wildman–Crippen LogP) is 4.67. The number of ether oxygens (including phenoxy) is 1. The molecule has 4 aromatic rings. The molecular weight excluding hydrogens is 383 g/mol. The van der Waals surface area contributed by atoms with Crippen LogP contribution in [0.15, 0.2) is 66.7 Å². The summed E-state index contributed by atoms with van der Waals surface area (Å²) in [5, 5.41) is 3.51. The van der Waals surface area contributed by atoms with Gasteiger partial charge in [-0.05, 0) is 66.6 Å². The lowest BCUT2D eigenvalue weighted by molar-refractivity contribution is 0.102. The second-order valence-electron chi connectivity index (χ2n) is 6.59. The molecule has 150 valence electrons. The summed E-state index contributed by atoms with van der Waals surface area (Å²) < 4.78 is 18.6. The highest BCUT2D eigenvalue weighted by atomic mass is 19.1. The van der Waals surface area contributed by atoms with E-state index >= 15 is 0 Å². The van der Waals surface area contributed by atoms with Gasteiger partial charge >= 0.3 is 0 Å². The number of nitrogens with zero attached hydrogens (tertiary/aromatic N) is 2. The number of halogens is 1. The molecule has 0 saturated carbocycles.